The highest BCUT2D eigenvalue weighted by Gasteiger charge is 2.51. The van der Waals surface area contributed by atoms with Gasteiger partial charge >= 0.3 is 0 Å². The Morgan fingerprint density at radius 2 is 1.53 bits per heavy atom. The number of nitrogens with zero attached hydrogens (tertiary/aromatic N) is 1. The highest BCUT2D eigenvalue weighted by molar-refractivity contribution is 6.04. The van der Waals surface area contributed by atoms with Crippen molar-refractivity contribution in [3.8, 4) is 0 Å². The number of pyridine rings is 1. The molecule has 1 aromatic carbocycles. The van der Waals surface area contributed by atoms with Crippen molar-refractivity contribution in [1.29, 1.82) is 0 Å². The summed E-state index contributed by atoms with van der Waals surface area (Å²) in [6.45, 7) is 6.52. The first kappa shape index (κ1) is 19.6. The third kappa shape index (κ3) is 3.84. The van der Waals surface area contributed by atoms with E-state index in [2.05, 4.69) is 36.4 Å². The first-order valence-electron chi connectivity index (χ1n) is 11.4. The van der Waals surface area contributed by atoms with E-state index in [4.69, 9.17) is 0 Å². The van der Waals surface area contributed by atoms with Crippen LogP contribution in [-0.4, -0.2) is 16.4 Å². The molecule has 0 radical (unpaired) electrons. The minimum Gasteiger partial charge on any atom is -0.365 e. The molecule has 4 saturated carbocycles. The van der Waals surface area contributed by atoms with Crippen molar-refractivity contribution < 1.29 is 4.79 Å². The van der Waals surface area contributed by atoms with Crippen LogP contribution in [0.1, 0.15) is 75.2 Å². The second-order valence-corrected chi connectivity index (χ2v) is 11.0. The predicted molar refractivity (Wildman–Crippen MR) is 122 cm³/mol. The van der Waals surface area contributed by atoms with Crippen molar-refractivity contribution in [3.63, 3.8) is 0 Å². The minimum atomic E-state index is -0.0981. The van der Waals surface area contributed by atoms with Crippen LogP contribution in [0.2, 0.25) is 0 Å². The lowest BCUT2D eigenvalue weighted by atomic mass is 9.53. The molecule has 2 N–H and O–H groups in total. The summed E-state index contributed by atoms with van der Waals surface area (Å²) >= 11 is 0. The molecule has 0 atom stereocenters. The van der Waals surface area contributed by atoms with Crippen LogP contribution in [0.15, 0.2) is 42.6 Å². The quantitative estimate of drug-likeness (QED) is 0.657. The molecule has 0 unspecified atom stereocenters. The van der Waals surface area contributed by atoms with Gasteiger partial charge in [0.05, 0.1) is 11.9 Å². The minimum absolute atomic E-state index is 0.0818. The van der Waals surface area contributed by atoms with Crippen molar-refractivity contribution in [2.75, 3.05) is 10.6 Å². The third-order valence-corrected chi connectivity index (χ3v) is 7.47. The molecule has 4 heteroatoms. The van der Waals surface area contributed by atoms with Gasteiger partial charge in [0.2, 0.25) is 0 Å². The van der Waals surface area contributed by atoms with Gasteiger partial charge in [-0.2, -0.15) is 0 Å². The van der Waals surface area contributed by atoms with Gasteiger partial charge in [-0.25, -0.2) is 4.98 Å². The van der Waals surface area contributed by atoms with Gasteiger partial charge in [0.25, 0.3) is 5.91 Å². The number of anilines is 2. The number of carbonyl (C=O) groups excluding carboxylic acids is 1. The zero-order valence-electron chi connectivity index (χ0n) is 18.4. The number of carbonyl (C=O) groups is 1. The van der Waals surface area contributed by atoms with E-state index < -0.39 is 0 Å². The number of rotatable bonds is 4. The number of hydrogen-bond acceptors (Lipinski definition) is 3. The van der Waals surface area contributed by atoms with E-state index in [0.717, 1.165) is 29.3 Å². The lowest BCUT2D eigenvalue weighted by molar-refractivity contribution is 0.0105. The molecule has 1 aromatic heterocycles. The molecule has 4 aliphatic carbocycles. The molecule has 4 bridgehead atoms. The average Bonchev–Trinajstić information content (AvgIpc) is 2.67. The molecule has 158 valence electrons. The van der Waals surface area contributed by atoms with Gasteiger partial charge in [-0.1, -0.05) is 32.9 Å². The van der Waals surface area contributed by atoms with E-state index in [1.807, 2.05) is 36.4 Å². The summed E-state index contributed by atoms with van der Waals surface area (Å²) in [5.41, 5.74) is 2.95. The lowest BCUT2D eigenvalue weighted by Crippen LogP contribution is -2.54. The number of amides is 1. The summed E-state index contributed by atoms with van der Waals surface area (Å²) in [6, 6.07) is 11.8. The van der Waals surface area contributed by atoms with Crippen molar-refractivity contribution in [1.82, 2.24) is 4.98 Å². The Morgan fingerprint density at radius 3 is 2.03 bits per heavy atom. The summed E-state index contributed by atoms with van der Waals surface area (Å²) in [5.74, 6) is 3.56. The third-order valence-electron chi connectivity index (χ3n) is 7.47. The van der Waals surface area contributed by atoms with E-state index in [1.54, 1.807) is 6.20 Å². The Morgan fingerprint density at radius 1 is 0.933 bits per heavy atom. The summed E-state index contributed by atoms with van der Waals surface area (Å²) in [6.07, 6.45) is 9.98. The maximum absolute atomic E-state index is 12.6. The molecule has 0 saturated heterocycles. The highest BCUT2D eigenvalue weighted by Crippen LogP contribution is 2.56. The van der Waals surface area contributed by atoms with Gasteiger partial charge in [-0.05, 0) is 91.5 Å². The Balaban J connectivity index is 1.23. The van der Waals surface area contributed by atoms with E-state index >= 15 is 0 Å². The smallest absolute Gasteiger partial charge is 0.255 e. The topological polar surface area (TPSA) is 54.0 Å². The van der Waals surface area contributed by atoms with E-state index in [0.29, 0.717) is 5.56 Å². The molecule has 0 spiro atoms. The highest BCUT2D eigenvalue weighted by atomic mass is 16.1. The SMILES string of the molecule is CC(C)(C)c1ccc(C(=O)Nc2ccc(NC34CC5CC(CC(C5)C3)C4)nc2)cc1. The molecule has 1 heterocycles. The fourth-order valence-electron chi connectivity index (χ4n) is 6.40. The Kier molecular flexibility index (Phi) is 4.64. The van der Waals surface area contributed by atoms with Crippen LogP contribution in [0.3, 0.4) is 0 Å². The zero-order valence-corrected chi connectivity index (χ0v) is 18.4. The van der Waals surface area contributed by atoms with Crippen molar-refractivity contribution >= 4 is 17.4 Å². The Labute approximate surface area is 179 Å². The number of hydrogen-bond donors (Lipinski definition) is 2. The Hall–Kier alpha value is -2.36. The molecular weight excluding hydrogens is 370 g/mol. The Bertz CT molecular complexity index is 889. The molecular formula is C26H33N3O. The van der Waals surface area contributed by atoms with Gasteiger partial charge in [0, 0.05) is 11.1 Å². The van der Waals surface area contributed by atoms with Crippen LogP contribution in [0.25, 0.3) is 0 Å². The van der Waals surface area contributed by atoms with Gasteiger partial charge in [0.15, 0.2) is 0 Å². The van der Waals surface area contributed by atoms with Crippen LogP contribution in [-0.2, 0) is 5.41 Å². The van der Waals surface area contributed by atoms with Crippen LogP contribution in [0.4, 0.5) is 11.5 Å². The van der Waals surface area contributed by atoms with Gasteiger partial charge in [-0.15, -0.1) is 0 Å². The summed E-state index contributed by atoms with van der Waals surface area (Å²) in [7, 11) is 0. The second-order valence-electron chi connectivity index (χ2n) is 11.0. The number of benzene rings is 1. The molecule has 0 aliphatic heterocycles. The maximum atomic E-state index is 12.6. The fraction of sp³-hybridized carbons (Fsp3) is 0.538. The van der Waals surface area contributed by atoms with Crippen LogP contribution >= 0.6 is 0 Å². The normalized spacial score (nSPS) is 29.6. The summed E-state index contributed by atoms with van der Waals surface area (Å²) in [4.78, 5) is 17.2. The second kappa shape index (κ2) is 7.11. The molecule has 4 aliphatic rings. The summed E-state index contributed by atoms with van der Waals surface area (Å²) in [5, 5.41) is 6.77. The van der Waals surface area contributed by atoms with Crippen LogP contribution in [0.5, 0.6) is 0 Å². The average molecular weight is 404 g/mol. The molecule has 2 aromatic rings. The van der Waals surface area contributed by atoms with E-state index in [1.165, 1.54) is 44.1 Å². The molecule has 4 fully saturated rings. The molecule has 1 amide bonds. The largest absolute Gasteiger partial charge is 0.365 e. The van der Waals surface area contributed by atoms with Gasteiger partial charge in [0.1, 0.15) is 5.82 Å². The lowest BCUT2D eigenvalue weighted by Gasteiger charge is -2.57. The first-order valence-corrected chi connectivity index (χ1v) is 11.4. The zero-order chi connectivity index (χ0) is 20.9. The van der Waals surface area contributed by atoms with Crippen LogP contribution in [0, 0.1) is 17.8 Å². The van der Waals surface area contributed by atoms with Crippen LogP contribution < -0.4 is 10.6 Å². The number of nitrogens with one attached hydrogen (secondary N) is 2. The van der Waals surface area contributed by atoms with E-state index in [9.17, 15) is 4.79 Å². The van der Waals surface area contributed by atoms with Crippen molar-refractivity contribution in [2.24, 2.45) is 17.8 Å². The summed E-state index contributed by atoms with van der Waals surface area (Å²) < 4.78 is 0. The van der Waals surface area contributed by atoms with E-state index in [-0.39, 0.29) is 16.9 Å². The fourth-order valence-corrected chi connectivity index (χ4v) is 6.40. The molecule has 6 rings (SSSR count). The first-order chi connectivity index (χ1) is 14.3. The van der Waals surface area contributed by atoms with Crippen molar-refractivity contribution in [2.45, 2.75) is 70.3 Å². The maximum Gasteiger partial charge on any atom is 0.255 e. The standard InChI is InChI=1S/C26H33N3O/c1-25(2,3)21-6-4-20(5-7-21)24(30)28-22-8-9-23(27-16-22)29-26-13-17-10-18(14-26)12-19(11-17)15-26/h4-9,16-19H,10-15H2,1-3H3,(H,27,29)(H,28,30). The monoisotopic (exact) mass is 403 g/mol. The predicted octanol–water partition coefficient (Wildman–Crippen LogP) is 6.01. The molecule has 30 heavy (non-hydrogen) atoms. The number of aromatic nitrogens is 1. The van der Waals surface area contributed by atoms with Gasteiger partial charge in [-0.3, -0.25) is 4.79 Å². The van der Waals surface area contributed by atoms with Gasteiger partial charge < -0.3 is 10.6 Å². The van der Waals surface area contributed by atoms with Crippen molar-refractivity contribution in [3.05, 3.63) is 53.7 Å². The molecule has 4 nitrogen and oxygen atoms in total.